The minimum Gasteiger partial charge on any atom is -0.494 e. The van der Waals surface area contributed by atoms with Gasteiger partial charge in [-0.1, -0.05) is 6.07 Å². The van der Waals surface area contributed by atoms with Gasteiger partial charge in [0.2, 0.25) is 0 Å². The Morgan fingerprint density at radius 2 is 2.08 bits per heavy atom. The lowest BCUT2D eigenvalue weighted by Crippen LogP contribution is -1.96. The second kappa shape index (κ2) is 3.69. The molecule has 0 unspecified atom stereocenters. The van der Waals surface area contributed by atoms with Crippen molar-refractivity contribution in [3.05, 3.63) is 24.3 Å². The van der Waals surface area contributed by atoms with Crippen LogP contribution in [0.25, 0.3) is 0 Å². The van der Waals surface area contributed by atoms with E-state index in [0.717, 1.165) is 11.5 Å². The lowest BCUT2D eigenvalue weighted by atomic mass is 10.3. The smallest absolute Gasteiger partial charge is 0.123 e. The second-order valence-electron chi connectivity index (χ2n) is 3.23. The van der Waals surface area contributed by atoms with E-state index in [-0.39, 0.29) is 0 Å². The summed E-state index contributed by atoms with van der Waals surface area (Å²) >= 11 is 0. The molecule has 2 rings (SSSR count). The predicted octanol–water partition coefficient (Wildman–Crippen LogP) is 2.63. The summed E-state index contributed by atoms with van der Waals surface area (Å²) in [5, 5.41) is 0. The van der Waals surface area contributed by atoms with E-state index in [4.69, 9.17) is 9.47 Å². The van der Waals surface area contributed by atoms with E-state index < -0.39 is 0 Å². The van der Waals surface area contributed by atoms with Crippen molar-refractivity contribution in [1.82, 2.24) is 0 Å². The van der Waals surface area contributed by atoms with Crippen LogP contribution in [0.3, 0.4) is 0 Å². The number of hydrogen-bond acceptors (Lipinski definition) is 2. The zero-order valence-electron chi connectivity index (χ0n) is 7.82. The van der Waals surface area contributed by atoms with Crippen molar-refractivity contribution in [2.45, 2.75) is 25.9 Å². The van der Waals surface area contributed by atoms with E-state index >= 15 is 0 Å². The molecule has 1 fully saturated rings. The first-order chi connectivity index (χ1) is 6.38. The summed E-state index contributed by atoms with van der Waals surface area (Å²) in [4.78, 5) is 0. The number of rotatable bonds is 4. The molecule has 1 aliphatic carbocycles. The Morgan fingerprint density at radius 3 is 2.77 bits per heavy atom. The molecular formula is C11H14O2. The highest BCUT2D eigenvalue weighted by Gasteiger charge is 2.23. The van der Waals surface area contributed by atoms with Gasteiger partial charge in [0.25, 0.3) is 0 Å². The van der Waals surface area contributed by atoms with Crippen LogP contribution in [0.2, 0.25) is 0 Å². The van der Waals surface area contributed by atoms with Crippen LogP contribution in [-0.2, 0) is 0 Å². The van der Waals surface area contributed by atoms with Crippen LogP contribution >= 0.6 is 0 Å². The molecule has 0 saturated heterocycles. The summed E-state index contributed by atoms with van der Waals surface area (Å²) in [7, 11) is 0. The highest BCUT2D eigenvalue weighted by molar-refractivity contribution is 5.33. The van der Waals surface area contributed by atoms with Crippen molar-refractivity contribution in [3.8, 4) is 11.5 Å². The lowest BCUT2D eigenvalue weighted by Gasteiger charge is -2.06. The van der Waals surface area contributed by atoms with Gasteiger partial charge in [0, 0.05) is 6.07 Å². The molecule has 0 spiro atoms. The Morgan fingerprint density at radius 1 is 1.31 bits per heavy atom. The van der Waals surface area contributed by atoms with Crippen molar-refractivity contribution in [3.63, 3.8) is 0 Å². The molecule has 1 aromatic rings. The normalized spacial score (nSPS) is 15.5. The molecular weight excluding hydrogens is 164 g/mol. The number of hydrogen-bond donors (Lipinski definition) is 0. The summed E-state index contributed by atoms with van der Waals surface area (Å²) in [6.45, 7) is 2.68. The van der Waals surface area contributed by atoms with Crippen molar-refractivity contribution >= 4 is 0 Å². The van der Waals surface area contributed by atoms with Crippen molar-refractivity contribution in [2.75, 3.05) is 6.61 Å². The van der Waals surface area contributed by atoms with E-state index in [1.807, 2.05) is 31.2 Å². The van der Waals surface area contributed by atoms with Gasteiger partial charge in [0.15, 0.2) is 0 Å². The number of ether oxygens (including phenoxy) is 2. The first-order valence-corrected chi connectivity index (χ1v) is 4.78. The quantitative estimate of drug-likeness (QED) is 0.705. The van der Waals surface area contributed by atoms with Crippen molar-refractivity contribution < 1.29 is 9.47 Å². The van der Waals surface area contributed by atoms with E-state index in [1.165, 1.54) is 12.8 Å². The molecule has 0 N–H and O–H groups in total. The van der Waals surface area contributed by atoms with Gasteiger partial charge in [-0.15, -0.1) is 0 Å². The Labute approximate surface area is 78.5 Å². The summed E-state index contributed by atoms with van der Waals surface area (Å²) in [6.07, 6.45) is 2.84. The van der Waals surface area contributed by atoms with Gasteiger partial charge < -0.3 is 9.47 Å². The van der Waals surface area contributed by atoms with Crippen molar-refractivity contribution in [1.29, 1.82) is 0 Å². The van der Waals surface area contributed by atoms with E-state index in [1.54, 1.807) is 0 Å². The minimum absolute atomic E-state index is 0.455. The zero-order valence-corrected chi connectivity index (χ0v) is 7.82. The molecule has 0 heterocycles. The third kappa shape index (κ3) is 2.38. The van der Waals surface area contributed by atoms with Crippen LogP contribution in [0.1, 0.15) is 19.8 Å². The fourth-order valence-electron chi connectivity index (χ4n) is 1.18. The van der Waals surface area contributed by atoms with E-state index in [9.17, 15) is 0 Å². The maximum absolute atomic E-state index is 5.63. The fourth-order valence-corrected chi connectivity index (χ4v) is 1.18. The molecule has 1 aromatic carbocycles. The molecule has 70 valence electrons. The highest BCUT2D eigenvalue weighted by Crippen LogP contribution is 2.28. The van der Waals surface area contributed by atoms with Gasteiger partial charge >= 0.3 is 0 Å². The lowest BCUT2D eigenvalue weighted by molar-refractivity contribution is 0.297. The summed E-state index contributed by atoms with van der Waals surface area (Å²) in [6, 6.07) is 7.83. The van der Waals surface area contributed by atoms with Crippen LogP contribution in [0, 0.1) is 0 Å². The summed E-state index contributed by atoms with van der Waals surface area (Å²) in [5.41, 5.74) is 0. The summed E-state index contributed by atoms with van der Waals surface area (Å²) in [5.74, 6) is 1.81. The molecule has 0 amide bonds. The Balaban J connectivity index is 2.02. The highest BCUT2D eigenvalue weighted by atomic mass is 16.5. The molecule has 1 saturated carbocycles. The topological polar surface area (TPSA) is 18.5 Å². The third-order valence-corrected chi connectivity index (χ3v) is 1.94. The largest absolute Gasteiger partial charge is 0.494 e. The average Bonchev–Trinajstić information content (AvgIpc) is 2.90. The first-order valence-electron chi connectivity index (χ1n) is 4.78. The van der Waals surface area contributed by atoms with Crippen LogP contribution in [0.4, 0.5) is 0 Å². The molecule has 0 bridgehead atoms. The van der Waals surface area contributed by atoms with Crippen LogP contribution < -0.4 is 9.47 Å². The Hall–Kier alpha value is -1.18. The van der Waals surface area contributed by atoms with Crippen molar-refractivity contribution in [2.24, 2.45) is 0 Å². The van der Waals surface area contributed by atoms with E-state index in [0.29, 0.717) is 12.7 Å². The summed E-state index contributed by atoms with van der Waals surface area (Å²) < 4.78 is 11.0. The molecule has 1 aliphatic rings. The van der Waals surface area contributed by atoms with Gasteiger partial charge in [-0.05, 0) is 31.9 Å². The van der Waals surface area contributed by atoms with Gasteiger partial charge in [-0.25, -0.2) is 0 Å². The molecule has 0 aliphatic heterocycles. The van der Waals surface area contributed by atoms with Crippen LogP contribution in [0.15, 0.2) is 24.3 Å². The van der Waals surface area contributed by atoms with Crippen LogP contribution in [0.5, 0.6) is 11.5 Å². The van der Waals surface area contributed by atoms with Gasteiger partial charge in [0.05, 0.1) is 12.7 Å². The zero-order chi connectivity index (χ0) is 9.10. The SMILES string of the molecule is CCOc1cccc(OC2CC2)c1. The Bertz CT molecular complexity index is 279. The third-order valence-electron chi connectivity index (χ3n) is 1.94. The standard InChI is InChI=1S/C11H14O2/c1-2-12-10-4-3-5-11(8-10)13-9-6-7-9/h3-5,8-9H,2,6-7H2,1H3. The van der Waals surface area contributed by atoms with Gasteiger partial charge in [0.1, 0.15) is 11.5 Å². The predicted molar refractivity (Wildman–Crippen MR) is 51.3 cm³/mol. The molecule has 0 aromatic heterocycles. The fraction of sp³-hybridized carbons (Fsp3) is 0.455. The maximum Gasteiger partial charge on any atom is 0.123 e. The van der Waals surface area contributed by atoms with E-state index in [2.05, 4.69) is 0 Å². The molecule has 13 heavy (non-hydrogen) atoms. The minimum atomic E-state index is 0.455. The second-order valence-corrected chi connectivity index (χ2v) is 3.23. The van der Waals surface area contributed by atoms with Gasteiger partial charge in [-0.2, -0.15) is 0 Å². The number of benzene rings is 1. The molecule has 2 heteroatoms. The van der Waals surface area contributed by atoms with Crippen LogP contribution in [-0.4, -0.2) is 12.7 Å². The molecule has 0 atom stereocenters. The first kappa shape index (κ1) is 8.42. The molecule has 0 radical (unpaired) electrons. The monoisotopic (exact) mass is 178 g/mol. The average molecular weight is 178 g/mol. The Kier molecular flexibility index (Phi) is 2.39. The van der Waals surface area contributed by atoms with Gasteiger partial charge in [-0.3, -0.25) is 0 Å². The maximum atomic E-state index is 5.63. The molecule has 2 nitrogen and oxygen atoms in total.